The smallest absolute Gasteiger partial charge is 0.305 e. The minimum Gasteiger partial charge on any atom is -0.508 e. The number of ether oxygens (including phenoxy) is 3. The van der Waals surface area contributed by atoms with E-state index in [-0.39, 0.29) is 18.3 Å². The van der Waals surface area contributed by atoms with Crippen molar-refractivity contribution in [2.24, 2.45) is 0 Å². The Morgan fingerprint density at radius 3 is 2.55 bits per heavy atom. The SMILES string of the molecule is COC(=O)CC/C=C\CCCO[C@@H](OCc1ccccc1O)c1ccccc1Cl. The minimum atomic E-state index is -0.633. The van der Waals surface area contributed by atoms with E-state index in [0.29, 0.717) is 30.0 Å². The second kappa shape index (κ2) is 13.0. The number of carbonyl (C=O) groups excluding carboxylic acids is 1. The number of halogens is 1. The van der Waals surface area contributed by atoms with Gasteiger partial charge in [-0.25, -0.2) is 0 Å². The number of hydrogen-bond acceptors (Lipinski definition) is 5. The van der Waals surface area contributed by atoms with Gasteiger partial charge in [0.1, 0.15) is 5.75 Å². The Kier molecular flexibility index (Phi) is 10.3. The lowest BCUT2D eigenvalue weighted by molar-refractivity contribution is -0.154. The molecule has 2 rings (SSSR count). The number of methoxy groups -OCH3 is 1. The molecule has 0 saturated heterocycles. The molecule has 6 heteroatoms. The van der Waals surface area contributed by atoms with Gasteiger partial charge in [0, 0.05) is 22.6 Å². The molecule has 156 valence electrons. The summed E-state index contributed by atoms with van der Waals surface area (Å²) in [6.45, 7) is 0.688. The molecule has 0 aromatic heterocycles. The van der Waals surface area contributed by atoms with E-state index in [1.165, 1.54) is 7.11 Å². The predicted molar refractivity (Wildman–Crippen MR) is 113 cm³/mol. The maximum atomic E-state index is 11.1. The highest BCUT2D eigenvalue weighted by atomic mass is 35.5. The average Bonchev–Trinajstić information content (AvgIpc) is 2.73. The zero-order valence-electron chi connectivity index (χ0n) is 16.6. The normalized spacial score (nSPS) is 12.2. The number of para-hydroxylation sites is 1. The molecule has 1 atom stereocenters. The first-order chi connectivity index (χ1) is 14.1. The zero-order chi connectivity index (χ0) is 20.9. The van der Waals surface area contributed by atoms with Gasteiger partial charge < -0.3 is 19.3 Å². The molecule has 0 bridgehead atoms. The third-order valence-corrected chi connectivity index (χ3v) is 4.58. The molecule has 0 aliphatic heterocycles. The zero-order valence-corrected chi connectivity index (χ0v) is 17.3. The van der Waals surface area contributed by atoms with Crippen LogP contribution >= 0.6 is 11.6 Å². The number of phenolic OH excluding ortho intramolecular Hbond substituents is 1. The van der Waals surface area contributed by atoms with Crippen LogP contribution in [0.2, 0.25) is 5.02 Å². The topological polar surface area (TPSA) is 65.0 Å². The standard InChI is InChI=1S/C23H27ClO5/c1-27-22(26)15-5-3-2-4-10-16-28-23(19-12-7-8-13-20(19)24)29-17-18-11-6-9-14-21(18)25/h2-3,6-9,11-14,23,25H,4-5,10,15-17H2,1H3/b3-2-/t23-/m0/s1. The second-order valence-corrected chi connectivity index (χ2v) is 6.80. The van der Waals surface area contributed by atoms with Crippen molar-refractivity contribution in [2.75, 3.05) is 13.7 Å². The van der Waals surface area contributed by atoms with Gasteiger partial charge in [-0.3, -0.25) is 4.79 Å². The number of rotatable bonds is 12. The summed E-state index contributed by atoms with van der Waals surface area (Å²) in [7, 11) is 1.39. The predicted octanol–water partition coefficient (Wildman–Crippen LogP) is 5.57. The second-order valence-electron chi connectivity index (χ2n) is 6.39. The van der Waals surface area contributed by atoms with E-state index in [4.69, 9.17) is 21.1 Å². The van der Waals surface area contributed by atoms with Gasteiger partial charge in [-0.2, -0.15) is 0 Å². The third kappa shape index (κ3) is 8.28. The first kappa shape index (κ1) is 22.9. The summed E-state index contributed by atoms with van der Waals surface area (Å²) in [5.41, 5.74) is 1.43. The van der Waals surface area contributed by atoms with Crippen LogP contribution in [0.1, 0.15) is 43.1 Å². The number of unbranched alkanes of at least 4 members (excludes halogenated alkanes) is 1. The number of carbonyl (C=O) groups is 1. The molecule has 2 aromatic rings. The van der Waals surface area contributed by atoms with E-state index < -0.39 is 6.29 Å². The molecule has 0 aliphatic rings. The van der Waals surface area contributed by atoms with Crippen molar-refractivity contribution >= 4 is 17.6 Å². The van der Waals surface area contributed by atoms with Crippen molar-refractivity contribution in [1.29, 1.82) is 0 Å². The van der Waals surface area contributed by atoms with Gasteiger partial charge in [0.05, 0.1) is 20.3 Å². The Morgan fingerprint density at radius 1 is 1.07 bits per heavy atom. The molecule has 0 heterocycles. The number of hydrogen-bond donors (Lipinski definition) is 1. The highest BCUT2D eigenvalue weighted by molar-refractivity contribution is 6.31. The number of esters is 1. The van der Waals surface area contributed by atoms with Crippen LogP contribution in [0.15, 0.2) is 60.7 Å². The Morgan fingerprint density at radius 2 is 1.79 bits per heavy atom. The van der Waals surface area contributed by atoms with Gasteiger partial charge in [-0.1, -0.05) is 60.2 Å². The number of aromatic hydroxyl groups is 1. The Labute approximate surface area is 176 Å². The summed E-state index contributed by atoms with van der Waals surface area (Å²) in [6, 6.07) is 14.4. The molecule has 0 amide bonds. The van der Waals surface area contributed by atoms with Gasteiger partial charge in [0.2, 0.25) is 0 Å². The van der Waals surface area contributed by atoms with Crippen molar-refractivity contribution < 1.29 is 24.1 Å². The van der Waals surface area contributed by atoms with E-state index in [1.807, 2.05) is 36.4 Å². The molecule has 0 spiro atoms. The van der Waals surface area contributed by atoms with Gasteiger partial charge in [0.25, 0.3) is 0 Å². The summed E-state index contributed by atoms with van der Waals surface area (Å²) in [5, 5.41) is 10.5. The van der Waals surface area contributed by atoms with Crippen LogP contribution in [0.5, 0.6) is 5.75 Å². The van der Waals surface area contributed by atoms with Crippen LogP contribution < -0.4 is 0 Å². The van der Waals surface area contributed by atoms with Crippen molar-refractivity contribution in [3.05, 3.63) is 76.8 Å². The molecule has 0 aliphatic carbocycles. The number of allylic oxidation sites excluding steroid dienone is 2. The van der Waals surface area contributed by atoms with E-state index >= 15 is 0 Å². The molecule has 29 heavy (non-hydrogen) atoms. The van der Waals surface area contributed by atoms with Gasteiger partial charge in [0.15, 0.2) is 6.29 Å². The van der Waals surface area contributed by atoms with E-state index in [2.05, 4.69) is 4.74 Å². The summed E-state index contributed by atoms with van der Waals surface area (Å²) >= 11 is 6.31. The van der Waals surface area contributed by atoms with E-state index in [0.717, 1.165) is 18.4 Å². The van der Waals surface area contributed by atoms with Crippen molar-refractivity contribution in [3.63, 3.8) is 0 Å². The van der Waals surface area contributed by atoms with Gasteiger partial charge in [-0.15, -0.1) is 0 Å². The molecule has 0 fully saturated rings. The van der Waals surface area contributed by atoms with Gasteiger partial charge in [-0.05, 0) is 31.4 Å². The van der Waals surface area contributed by atoms with Crippen LogP contribution in [-0.2, 0) is 25.6 Å². The maximum Gasteiger partial charge on any atom is 0.305 e. The quantitative estimate of drug-likeness (QED) is 0.211. The van der Waals surface area contributed by atoms with Crippen LogP contribution in [0.3, 0.4) is 0 Å². The highest BCUT2D eigenvalue weighted by Crippen LogP contribution is 2.29. The lowest BCUT2D eigenvalue weighted by atomic mass is 10.2. The van der Waals surface area contributed by atoms with Crippen LogP contribution in [0, 0.1) is 0 Å². The first-order valence-corrected chi connectivity index (χ1v) is 9.96. The van der Waals surface area contributed by atoms with Crippen LogP contribution in [0.4, 0.5) is 0 Å². The largest absolute Gasteiger partial charge is 0.508 e. The summed E-state index contributed by atoms with van der Waals surface area (Å²) in [4.78, 5) is 11.1. The van der Waals surface area contributed by atoms with Crippen LogP contribution in [0.25, 0.3) is 0 Å². The molecule has 1 N–H and O–H groups in total. The highest BCUT2D eigenvalue weighted by Gasteiger charge is 2.16. The Bertz CT molecular complexity index is 790. The third-order valence-electron chi connectivity index (χ3n) is 4.23. The fraction of sp³-hybridized carbons (Fsp3) is 0.348. The monoisotopic (exact) mass is 418 g/mol. The van der Waals surface area contributed by atoms with Gasteiger partial charge >= 0.3 is 5.97 Å². The van der Waals surface area contributed by atoms with Crippen molar-refractivity contribution in [3.8, 4) is 5.75 Å². The molecule has 0 unspecified atom stereocenters. The first-order valence-electron chi connectivity index (χ1n) is 9.58. The lowest BCUT2D eigenvalue weighted by Crippen LogP contribution is -2.11. The summed E-state index contributed by atoms with van der Waals surface area (Å²) in [5.74, 6) is -0.0235. The Hall–Kier alpha value is -2.34. The number of phenols is 1. The Balaban J connectivity index is 1.84. The minimum absolute atomic E-state index is 0.183. The molecular formula is C23H27ClO5. The van der Waals surface area contributed by atoms with E-state index in [1.54, 1.807) is 24.3 Å². The van der Waals surface area contributed by atoms with Crippen molar-refractivity contribution in [1.82, 2.24) is 0 Å². The molecule has 0 saturated carbocycles. The number of benzene rings is 2. The molecule has 5 nitrogen and oxygen atoms in total. The fourth-order valence-corrected chi connectivity index (χ4v) is 2.85. The van der Waals surface area contributed by atoms with Crippen molar-refractivity contribution in [2.45, 2.75) is 38.6 Å². The molecule has 2 aromatic carbocycles. The van der Waals surface area contributed by atoms with E-state index in [9.17, 15) is 9.90 Å². The fourth-order valence-electron chi connectivity index (χ4n) is 2.62. The summed E-state index contributed by atoms with van der Waals surface area (Å²) in [6.07, 6.45) is 6.05. The molecule has 0 radical (unpaired) electrons. The average molecular weight is 419 g/mol. The maximum absolute atomic E-state index is 11.1. The lowest BCUT2D eigenvalue weighted by Gasteiger charge is -2.20. The summed E-state index contributed by atoms with van der Waals surface area (Å²) < 4.78 is 16.5. The molecular weight excluding hydrogens is 392 g/mol. The van der Waals surface area contributed by atoms with Crippen LogP contribution in [-0.4, -0.2) is 24.8 Å².